The van der Waals surface area contributed by atoms with Crippen molar-refractivity contribution in [1.29, 1.82) is 0 Å². The van der Waals surface area contributed by atoms with Gasteiger partial charge in [0.05, 0.1) is 6.54 Å². The van der Waals surface area contributed by atoms with Gasteiger partial charge in [0, 0.05) is 13.5 Å². The van der Waals surface area contributed by atoms with Crippen LogP contribution < -0.4 is 11.1 Å². The van der Waals surface area contributed by atoms with Crippen molar-refractivity contribution >= 4 is 28.2 Å². The van der Waals surface area contributed by atoms with Gasteiger partial charge in [-0.2, -0.15) is 13.5 Å². The summed E-state index contributed by atoms with van der Waals surface area (Å²) in [6.07, 6.45) is 1.68. The van der Waals surface area contributed by atoms with Crippen LogP contribution in [0.5, 0.6) is 0 Å². The third-order valence-electron chi connectivity index (χ3n) is 3.48. The highest BCUT2D eigenvalue weighted by atomic mass is 32.3. The zero-order chi connectivity index (χ0) is 17.4. The Bertz CT molecular complexity index is 674. The summed E-state index contributed by atoms with van der Waals surface area (Å²) in [5, 5.41) is 3.03. The van der Waals surface area contributed by atoms with E-state index >= 15 is 0 Å². The molecule has 2 aliphatic rings. The lowest BCUT2D eigenvalue weighted by Gasteiger charge is -2.27. The molecule has 0 saturated carbocycles. The van der Waals surface area contributed by atoms with Crippen LogP contribution in [0.3, 0.4) is 0 Å². The fourth-order valence-electron chi connectivity index (χ4n) is 2.56. The van der Waals surface area contributed by atoms with Gasteiger partial charge >= 0.3 is 16.4 Å². The number of hydrogen-bond acceptors (Lipinski definition) is 6. The predicted octanol–water partition coefficient (Wildman–Crippen LogP) is -1.85. The Hall–Kier alpha value is -2.18. The average Bonchev–Trinajstić information content (AvgIpc) is 2.65. The van der Waals surface area contributed by atoms with Crippen LogP contribution in [-0.4, -0.2) is 66.0 Å². The van der Waals surface area contributed by atoms with Gasteiger partial charge in [-0.3, -0.25) is 14.1 Å². The third kappa shape index (κ3) is 3.78. The number of carbonyl (C=O) groups is 3. The van der Waals surface area contributed by atoms with Crippen molar-refractivity contribution in [1.82, 2.24) is 15.3 Å². The zero-order valence-electron chi connectivity index (χ0n) is 12.1. The molecule has 0 aliphatic carbocycles. The summed E-state index contributed by atoms with van der Waals surface area (Å²) >= 11 is 0. The number of amides is 4. The molecule has 0 aromatic heterocycles. The van der Waals surface area contributed by atoms with Crippen LogP contribution in [0.2, 0.25) is 0 Å². The maximum absolute atomic E-state index is 12.1. The lowest BCUT2D eigenvalue weighted by atomic mass is 9.97. The van der Waals surface area contributed by atoms with E-state index in [0.29, 0.717) is 10.6 Å². The molecule has 128 valence electrons. The minimum Gasteiger partial charge on any atom is -0.368 e. The molecule has 2 bridgehead atoms. The van der Waals surface area contributed by atoms with Crippen molar-refractivity contribution < 1.29 is 31.6 Å². The number of fused-ring (bicyclic) bond motifs is 2. The molecule has 0 aromatic carbocycles. The zero-order valence-corrected chi connectivity index (χ0v) is 12.9. The molecule has 11 nitrogen and oxygen atoms in total. The maximum atomic E-state index is 12.1. The molecule has 23 heavy (non-hydrogen) atoms. The van der Waals surface area contributed by atoms with Crippen molar-refractivity contribution in [2.75, 3.05) is 13.1 Å². The Balaban J connectivity index is 2.26. The van der Waals surface area contributed by atoms with Crippen LogP contribution in [0.1, 0.15) is 13.3 Å². The highest BCUT2D eigenvalue weighted by Crippen LogP contribution is 2.32. The molecule has 1 saturated heterocycles. The van der Waals surface area contributed by atoms with E-state index in [9.17, 15) is 22.8 Å². The Morgan fingerprint density at radius 2 is 2.17 bits per heavy atom. The number of hydroxylamine groups is 2. The molecule has 1 fully saturated rings. The second-order valence-corrected chi connectivity index (χ2v) is 6.11. The summed E-state index contributed by atoms with van der Waals surface area (Å²) in [7, 11) is -4.91. The van der Waals surface area contributed by atoms with E-state index in [0.717, 1.165) is 4.90 Å². The molecule has 2 heterocycles. The van der Waals surface area contributed by atoms with Gasteiger partial charge in [-0.15, -0.1) is 4.28 Å². The predicted molar refractivity (Wildman–Crippen MR) is 74.7 cm³/mol. The normalized spacial score (nSPS) is 23.7. The molecular weight excluding hydrogens is 332 g/mol. The molecule has 0 unspecified atom stereocenters. The molecule has 2 aliphatic heterocycles. The topological polar surface area (TPSA) is 159 Å². The summed E-state index contributed by atoms with van der Waals surface area (Å²) in [5.41, 5.74) is 5.75. The van der Waals surface area contributed by atoms with Crippen LogP contribution in [0.4, 0.5) is 4.79 Å². The highest BCUT2D eigenvalue weighted by molar-refractivity contribution is 7.80. The minimum atomic E-state index is -4.91. The standard InChI is InChI=1S/C11H16N4O7S/c1-6(16)13-3-2-7-4-8(10(12)17)14-5-9(7)15(11(14)18)22-23(19,20)21/h4,8-9H,2-3,5H2,1H3,(H2,12,17)(H,13,16)(H,19,20,21)/t8-,9-/m0/s1. The SMILES string of the molecule is CC(=O)NCCC1=C[C@@H](C(N)=O)N2C[C@@H]1N(OS(=O)(=O)O)C2=O. The van der Waals surface area contributed by atoms with E-state index in [-0.39, 0.29) is 25.4 Å². The van der Waals surface area contributed by atoms with Crippen LogP contribution in [0.15, 0.2) is 11.6 Å². The van der Waals surface area contributed by atoms with E-state index < -0.39 is 34.4 Å². The van der Waals surface area contributed by atoms with Crippen molar-refractivity contribution in [3.05, 3.63) is 11.6 Å². The van der Waals surface area contributed by atoms with Gasteiger partial charge in [-0.05, 0) is 12.0 Å². The van der Waals surface area contributed by atoms with Gasteiger partial charge in [0.1, 0.15) is 12.1 Å². The van der Waals surface area contributed by atoms with Gasteiger partial charge in [0.2, 0.25) is 11.8 Å². The molecule has 4 N–H and O–H groups in total. The first-order chi connectivity index (χ1) is 10.6. The molecule has 0 radical (unpaired) electrons. The molecular formula is C11H16N4O7S. The number of carbonyl (C=O) groups excluding carboxylic acids is 3. The molecule has 2 atom stereocenters. The molecule has 0 spiro atoms. The fraction of sp³-hybridized carbons (Fsp3) is 0.545. The van der Waals surface area contributed by atoms with E-state index in [1.807, 2.05) is 0 Å². The van der Waals surface area contributed by atoms with Crippen molar-refractivity contribution in [2.45, 2.75) is 25.4 Å². The van der Waals surface area contributed by atoms with E-state index in [1.54, 1.807) is 0 Å². The Morgan fingerprint density at radius 1 is 1.52 bits per heavy atom. The summed E-state index contributed by atoms with van der Waals surface area (Å²) in [5.74, 6) is -1.05. The second kappa shape index (κ2) is 6.14. The van der Waals surface area contributed by atoms with Gasteiger partial charge < -0.3 is 16.0 Å². The third-order valence-corrected chi connectivity index (χ3v) is 3.83. The van der Waals surface area contributed by atoms with Crippen LogP contribution in [-0.2, 0) is 24.3 Å². The lowest BCUT2D eigenvalue weighted by Crippen LogP contribution is -2.46. The van der Waals surface area contributed by atoms with E-state index in [2.05, 4.69) is 9.60 Å². The van der Waals surface area contributed by atoms with Crippen molar-refractivity contribution in [3.8, 4) is 0 Å². The van der Waals surface area contributed by atoms with Crippen molar-refractivity contribution in [3.63, 3.8) is 0 Å². The van der Waals surface area contributed by atoms with Gasteiger partial charge in [0.25, 0.3) is 0 Å². The number of primary amides is 1. The Kier molecular flexibility index (Phi) is 4.58. The average molecular weight is 348 g/mol. The first kappa shape index (κ1) is 17.2. The molecule has 0 aromatic rings. The summed E-state index contributed by atoms with van der Waals surface area (Å²) < 4.78 is 34.9. The largest absolute Gasteiger partial charge is 0.418 e. The molecule has 2 rings (SSSR count). The first-order valence-electron chi connectivity index (χ1n) is 6.61. The molecule has 4 amide bonds. The smallest absolute Gasteiger partial charge is 0.368 e. The van der Waals surface area contributed by atoms with Crippen LogP contribution in [0.25, 0.3) is 0 Å². The number of hydrogen-bond donors (Lipinski definition) is 3. The van der Waals surface area contributed by atoms with E-state index in [4.69, 9.17) is 10.3 Å². The summed E-state index contributed by atoms with van der Waals surface area (Å²) in [4.78, 5) is 35.6. The monoisotopic (exact) mass is 348 g/mol. The highest BCUT2D eigenvalue weighted by Gasteiger charge is 2.49. The van der Waals surface area contributed by atoms with Gasteiger partial charge in [0.15, 0.2) is 0 Å². The number of nitrogens with zero attached hydrogens (tertiary/aromatic N) is 2. The number of urea groups is 1. The lowest BCUT2D eigenvalue weighted by molar-refractivity contribution is -0.121. The summed E-state index contributed by atoms with van der Waals surface area (Å²) in [6, 6.07) is -2.77. The van der Waals surface area contributed by atoms with Crippen LogP contribution in [0, 0.1) is 0 Å². The van der Waals surface area contributed by atoms with Crippen molar-refractivity contribution in [2.24, 2.45) is 5.73 Å². The number of nitrogens with two attached hydrogens (primary N) is 1. The van der Waals surface area contributed by atoms with Gasteiger partial charge in [-0.25, -0.2) is 4.79 Å². The minimum absolute atomic E-state index is 0.0200. The summed E-state index contributed by atoms with van der Waals surface area (Å²) in [6.45, 7) is 1.53. The Labute approximate surface area is 131 Å². The molecule has 12 heteroatoms. The van der Waals surface area contributed by atoms with Crippen LogP contribution >= 0.6 is 0 Å². The first-order valence-corrected chi connectivity index (χ1v) is 7.98. The fourth-order valence-corrected chi connectivity index (χ4v) is 2.93. The Morgan fingerprint density at radius 3 is 2.70 bits per heavy atom. The second-order valence-electron chi connectivity index (χ2n) is 5.10. The van der Waals surface area contributed by atoms with E-state index in [1.165, 1.54) is 13.0 Å². The maximum Gasteiger partial charge on any atom is 0.418 e. The van der Waals surface area contributed by atoms with Gasteiger partial charge in [-0.1, -0.05) is 6.08 Å². The number of rotatable bonds is 6. The number of nitrogens with one attached hydrogen (secondary N) is 1. The quantitative estimate of drug-likeness (QED) is 0.375.